The highest BCUT2D eigenvalue weighted by Crippen LogP contribution is 2.09. The number of nitrogens with one attached hydrogen (secondary N) is 2. The van der Waals surface area contributed by atoms with Gasteiger partial charge in [-0.05, 0) is 19.8 Å². The maximum atomic E-state index is 11.5. The number of carbonyl (C=O) groups excluding carboxylic acids is 1. The number of likely N-dealkylation sites (tertiary alicyclic amines) is 1. The average Bonchev–Trinajstić information content (AvgIpc) is 2.89. The number of aliphatic imine (C=N–C) groups is 1. The molecule has 0 radical (unpaired) electrons. The smallest absolute Gasteiger partial charge is 0.222 e. The molecule has 0 atom stereocenters. The minimum Gasteiger partial charge on any atom is -0.357 e. The molecule has 0 spiro atoms. The molecule has 1 aliphatic rings. The summed E-state index contributed by atoms with van der Waals surface area (Å²) in [6.07, 6.45) is 2.44. The average molecular weight is 332 g/mol. The Morgan fingerprint density at radius 2 is 2.09 bits per heavy atom. The number of sulfone groups is 1. The fourth-order valence-electron chi connectivity index (χ4n) is 2.20. The lowest BCUT2D eigenvalue weighted by Crippen LogP contribution is -2.40. The Hall–Kier alpha value is -1.31. The van der Waals surface area contributed by atoms with E-state index >= 15 is 0 Å². The highest BCUT2D eigenvalue weighted by molar-refractivity contribution is 7.91. The molecule has 22 heavy (non-hydrogen) atoms. The van der Waals surface area contributed by atoms with Gasteiger partial charge in [0.15, 0.2) is 15.8 Å². The number of hydrogen-bond donors (Lipinski definition) is 2. The molecule has 0 bridgehead atoms. The Labute approximate surface area is 133 Å². The maximum Gasteiger partial charge on any atom is 0.222 e. The van der Waals surface area contributed by atoms with E-state index in [0.717, 1.165) is 32.5 Å². The van der Waals surface area contributed by atoms with E-state index in [2.05, 4.69) is 15.6 Å². The summed E-state index contributed by atoms with van der Waals surface area (Å²) in [5.74, 6) is 1.13. The van der Waals surface area contributed by atoms with Crippen LogP contribution in [0.5, 0.6) is 0 Å². The Morgan fingerprint density at radius 3 is 2.68 bits per heavy atom. The molecule has 2 N–H and O–H groups in total. The number of nitrogens with zero attached hydrogens (tertiary/aromatic N) is 2. The van der Waals surface area contributed by atoms with Crippen LogP contribution in [0.25, 0.3) is 0 Å². The topological polar surface area (TPSA) is 90.9 Å². The zero-order valence-corrected chi connectivity index (χ0v) is 14.4. The quantitative estimate of drug-likeness (QED) is 0.352. The monoisotopic (exact) mass is 332 g/mol. The van der Waals surface area contributed by atoms with Gasteiger partial charge in [0, 0.05) is 44.9 Å². The second kappa shape index (κ2) is 9.66. The van der Waals surface area contributed by atoms with Gasteiger partial charge >= 0.3 is 0 Å². The summed E-state index contributed by atoms with van der Waals surface area (Å²) in [4.78, 5) is 17.8. The van der Waals surface area contributed by atoms with Crippen LogP contribution in [0.1, 0.15) is 33.1 Å². The Morgan fingerprint density at radius 1 is 1.32 bits per heavy atom. The molecule has 0 aromatic carbocycles. The highest BCUT2D eigenvalue weighted by atomic mass is 32.2. The minimum atomic E-state index is -2.96. The number of hydrogen-bond acceptors (Lipinski definition) is 4. The zero-order valence-electron chi connectivity index (χ0n) is 13.6. The van der Waals surface area contributed by atoms with Gasteiger partial charge in [-0.1, -0.05) is 6.92 Å². The third-order valence-corrected chi connectivity index (χ3v) is 5.22. The van der Waals surface area contributed by atoms with Crippen molar-refractivity contribution < 1.29 is 13.2 Å². The van der Waals surface area contributed by atoms with Gasteiger partial charge in [0.05, 0.1) is 5.75 Å². The van der Waals surface area contributed by atoms with Crippen LogP contribution in [0.2, 0.25) is 0 Å². The largest absolute Gasteiger partial charge is 0.357 e. The zero-order chi connectivity index (χ0) is 16.4. The van der Waals surface area contributed by atoms with Crippen LogP contribution >= 0.6 is 0 Å². The number of amides is 1. The van der Waals surface area contributed by atoms with Crippen molar-refractivity contribution in [2.75, 3.05) is 44.2 Å². The molecule has 1 heterocycles. The first-order valence-electron chi connectivity index (χ1n) is 7.99. The van der Waals surface area contributed by atoms with E-state index in [4.69, 9.17) is 0 Å². The molecule has 0 aromatic heterocycles. The molecule has 0 unspecified atom stereocenters. The lowest BCUT2D eigenvalue weighted by atomic mass is 10.4. The molecule has 1 amide bonds. The van der Waals surface area contributed by atoms with E-state index in [1.54, 1.807) is 6.92 Å². The molecule has 0 aliphatic carbocycles. The van der Waals surface area contributed by atoms with Gasteiger partial charge in [-0.3, -0.25) is 9.79 Å². The molecular weight excluding hydrogens is 304 g/mol. The molecule has 0 saturated carbocycles. The summed E-state index contributed by atoms with van der Waals surface area (Å²) < 4.78 is 22.9. The lowest BCUT2D eigenvalue weighted by Gasteiger charge is -2.15. The van der Waals surface area contributed by atoms with E-state index in [-0.39, 0.29) is 17.4 Å². The van der Waals surface area contributed by atoms with Gasteiger partial charge in [-0.25, -0.2) is 8.42 Å². The first kappa shape index (κ1) is 18.7. The van der Waals surface area contributed by atoms with Crippen molar-refractivity contribution in [3.8, 4) is 0 Å². The summed E-state index contributed by atoms with van der Waals surface area (Å²) >= 11 is 0. The Bertz CT molecular complexity index is 476. The van der Waals surface area contributed by atoms with Crippen molar-refractivity contribution in [1.29, 1.82) is 0 Å². The molecule has 1 rings (SSSR count). The first-order chi connectivity index (χ1) is 10.5. The van der Waals surface area contributed by atoms with Crippen LogP contribution in [0.15, 0.2) is 4.99 Å². The molecular formula is C14H28N4O3S. The molecule has 7 nitrogen and oxygen atoms in total. The summed E-state index contributed by atoms with van der Waals surface area (Å²) in [5.41, 5.74) is 0. The van der Waals surface area contributed by atoms with E-state index in [9.17, 15) is 13.2 Å². The first-order valence-corrected chi connectivity index (χ1v) is 9.81. The summed E-state index contributed by atoms with van der Waals surface area (Å²) in [6, 6.07) is 0. The van der Waals surface area contributed by atoms with Crippen molar-refractivity contribution in [3.63, 3.8) is 0 Å². The van der Waals surface area contributed by atoms with Crippen molar-refractivity contribution in [1.82, 2.24) is 15.5 Å². The Kier molecular flexibility index (Phi) is 8.22. The van der Waals surface area contributed by atoms with Crippen LogP contribution in [-0.4, -0.2) is 69.4 Å². The maximum absolute atomic E-state index is 11.5. The SMILES string of the molecule is CCNC(=NCCCN1CCCC1=O)NCCS(=O)(=O)CC. The van der Waals surface area contributed by atoms with E-state index < -0.39 is 9.84 Å². The van der Waals surface area contributed by atoms with E-state index in [1.807, 2.05) is 11.8 Å². The van der Waals surface area contributed by atoms with Crippen LogP contribution < -0.4 is 10.6 Å². The standard InChI is InChI=1S/C14H28N4O3S/c1-3-15-14(17-9-12-22(20,21)4-2)16-8-6-11-18-10-5-7-13(18)19/h3-12H2,1-2H3,(H2,15,16,17). The van der Waals surface area contributed by atoms with E-state index in [0.29, 0.717) is 25.5 Å². The molecule has 1 saturated heterocycles. The number of guanidine groups is 1. The number of rotatable bonds is 9. The van der Waals surface area contributed by atoms with Crippen molar-refractivity contribution in [2.45, 2.75) is 33.1 Å². The van der Waals surface area contributed by atoms with E-state index in [1.165, 1.54) is 0 Å². The van der Waals surface area contributed by atoms with Crippen molar-refractivity contribution in [2.24, 2.45) is 4.99 Å². The van der Waals surface area contributed by atoms with Crippen molar-refractivity contribution >= 4 is 21.7 Å². The van der Waals surface area contributed by atoms with Gasteiger partial charge in [-0.15, -0.1) is 0 Å². The predicted octanol–water partition coefficient (Wildman–Crippen LogP) is -0.0113. The van der Waals surface area contributed by atoms with Crippen LogP contribution in [-0.2, 0) is 14.6 Å². The van der Waals surface area contributed by atoms with Crippen LogP contribution in [0, 0.1) is 0 Å². The second-order valence-corrected chi connectivity index (χ2v) is 7.73. The minimum absolute atomic E-state index is 0.107. The fraction of sp³-hybridized carbons (Fsp3) is 0.857. The van der Waals surface area contributed by atoms with Gasteiger partial charge in [-0.2, -0.15) is 0 Å². The third-order valence-electron chi connectivity index (χ3n) is 3.52. The summed E-state index contributed by atoms with van der Waals surface area (Å²) in [7, 11) is -2.96. The van der Waals surface area contributed by atoms with Gasteiger partial charge in [0.1, 0.15) is 0 Å². The van der Waals surface area contributed by atoms with Gasteiger partial charge < -0.3 is 15.5 Å². The number of carbonyl (C=O) groups is 1. The molecule has 1 fully saturated rings. The molecule has 1 aliphatic heterocycles. The molecule has 8 heteroatoms. The summed E-state index contributed by atoms with van der Waals surface area (Å²) in [5, 5.41) is 6.12. The summed E-state index contributed by atoms with van der Waals surface area (Å²) in [6.45, 7) is 6.89. The predicted molar refractivity (Wildman–Crippen MR) is 88.7 cm³/mol. The van der Waals surface area contributed by atoms with Crippen LogP contribution in [0.4, 0.5) is 0 Å². The van der Waals surface area contributed by atoms with Gasteiger partial charge in [0.25, 0.3) is 0 Å². The fourth-order valence-corrected chi connectivity index (χ4v) is 2.91. The highest BCUT2D eigenvalue weighted by Gasteiger charge is 2.18. The van der Waals surface area contributed by atoms with Crippen molar-refractivity contribution in [3.05, 3.63) is 0 Å². The third kappa shape index (κ3) is 7.11. The van der Waals surface area contributed by atoms with Crippen LogP contribution in [0.3, 0.4) is 0 Å². The normalized spacial score (nSPS) is 16.2. The second-order valence-electron chi connectivity index (χ2n) is 5.26. The molecule has 0 aromatic rings. The molecule has 128 valence electrons. The Balaban J connectivity index is 2.30. The van der Waals surface area contributed by atoms with Gasteiger partial charge in [0.2, 0.25) is 5.91 Å². The lowest BCUT2D eigenvalue weighted by molar-refractivity contribution is -0.127.